The lowest BCUT2D eigenvalue weighted by molar-refractivity contribution is 0.0601. The van der Waals surface area contributed by atoms with Crippen LogP contribution in [0.5, 0.6) is 0 Å². The van der Waals surface area contributed by atoms with Crippen LogP contribution in [-0.2, 0) is 11.3 Å². The maximum absolute atomic E-state index is 12.0. The summed E-state index contributed by atoms with van der Waals surface area (Å²) in [5.74, 6) is 1.04. The molecule has 2 atom stereocenters. The highest BCUT2D eigenvalue weighted by molar-refractivity contribution is 7.80. The van der Waals surface area contributed by atoms with Gasteiger partial charge in [0.2, 0.25) is 0 Å². The van der Waals surface area contributed by atoms with Gasteiger partial charge >= 0.3 is 5.97 Å². The Kier molecular flexibility index (Phi) is 6.10. The number of ether oxygens (including phenoxy) is 1. The lowest BCUT2D eigenvalue weighted by Gasteiger charge is -2.26. The molecule has 2 aromatic carbocycles. The van der Waals surface area contributed by atoms with Gasteiger partial charge in [-0.05, 0) is 54.2 Å². The predicted octanol–water partition coefficient (Wildman–Crippen LogP) is 5.30. The fourth-order valence-electron chi connectivity index (χ4n) is 4.25. The first kappa shape index (κ1) is 21.9. The summed E-state index contributed by atoms with van der Waals surface area (Å²) in [6, 6.07) is 26.8. The fourth-order valence-corrected chi connectivity index (χ4v) is 4.55. The van der Waals surface area contributed by atoms with Gasteiger partial charge in [0.1, 0.15) is 17.6 Å². The number of esters is 1. The van der Waals surface area contributed by atoms with E-state index in [4.69, 9.17) is 21.4 Å². The van der Waals surface area contributed by atoms with Crippen molar-refractivity contribution in [1.29, 1.82) is 0 Å². The second-order valence-electron chi connectivity index (χ2n) is 8.01. The number of hydrogen-bond donors (Lipinski definition) is 1. The molecule has 1 aliphatic rings. The summed E-state index contributed by atoms with van der Waals surface area (Å²) in [5, 5.41) is 4.09. The molecule has 2 aromatic heterocycles. The Morgan fingerprint density at radius 3 is 2.65 bits per heavy atom. The summed E-state index contributed by atoms with van der Waals surface area (Å²) in [5.41, 5.74) is 3.30. The van der Waals surface area contributed by atoms with Crippen LogP contribution in [0.15, 0.2) is 95.5 Å². The Hall–Kier alpha value is -3.97. The van der Waals surface area contributed by atoms with Crippen LogP contribution < -0.4 is 5.32 Å². The molecule has 0 bridgehead atoms. The Morgan fingerprint density at radius 1 is 1.06 bits per heavy atom. The highest BCUT2D eigenvalue weighted by Crippen LogP contribution is 2.41. The normalized spacial score (nSPS) is 17.4. The van der Waals surface area contributed by atoms with Gasteiger partial charge in [-0.1, -0.05) is 48.5 Å². The molecule has 0 saturated carbocycles. The third-order valence-electron chi connectivity index (χ3n) is 5.88. The van der Waals surface area contributed by atoms with Crippen molar-refractivity contribution in [2.24, 2.45) is 0 Å². The van der Waals surface area contributed by atoms with Gasteiger partial charge in [0.25, 0.3) is 0 Å². The van der Waals surface area contributed by atoms with Crippen molar-refractivity contribution in [2.75, 3.05) is 7.11 Å². The molecule has 6 nitrogen and oxygen atoms in total. The van der Waals surface area contributed by atoms with Gasteiger partial charge in [-0.3, -0.25) is 4.98 Å². The Bertz CT molecular complexity index is 1310. The van der Waals surface area contributed by atoms with E-state index in [0.717, 1.165) is 22.6 Å². The van der Waals surface area contributed by atoms with Crippen molar-refractivity contribution < 1.29 is 13.9 Å². The van der Waals surface area contributed by atoms with E-state index in [2.05, 4.69) is 27.3 Å². The Labute approximate surface area is 203 Å². The van der Waals surface area contributed by atoms with Crippen molar-refractivity contribution in [3.63, 3.8) is 0 Å². The summed E-state index contributed by atoms with van der Waals surface area (Å²) in [4.78, 5) is 18.7. The number of benzene rings is 2. The summed E-state index contributed by atoms with van der Waals surface area (Å²) < 4.78 is 11.2. The molecule has 1 saturated heterocycles. The predicted molar refractivity (Wildman–Crippen MR) is 133 cm³/mol. The average Bonchev–Trinajstić information content (AvgIpc) is 3.50. The number of furan rings is 1. The Morgan fingerprint density at radius 2 is 1.88 bits per heavy atom. The standard InChI is InChI=1S/C27H23N3O3S/c1-32-26(31)20-11-7-10-19(16-20)22-13-14-23(33-22)25-24(21-12-5-6-15-28-21)29-27(34)30(25)17-18-8-3-2-4-9-18/h2-16,24-25H,17H2,1H3,(H,29,34)/t24-,25-/m0/s1. The molecule has 170 valence electrons. The van der Waals surface area contributed by atoms with Crippen LogP contribution >= 0.6 is 12.2 Å². The van der Waals surface area contributed by atoms with E-state index in [9.17, 15) is 4.79 Å². The maximum Gasteiger partial charge on any atom is 0.337 e. The lowest BCUT2D eigenvalue weighted by Crippen LogP contribution is -2.29. The van der Waals surface area contributed by atoms with Gasteiger partial charge in [0.15, 0.2) is 5.11 Å². The van der Waals surface area contributed by atoms with E-state index in [1.54, 1.807) is 18.3 Å². The molecule has 0 radical (unpaired) electrons. The summed E-state index contributed by atoms with van der Waals surface area (Å²) in [6.07, 6.45) is 1.78. The molecule has 4 aromatic rings. The van der Waals surface area contributed by atoms with Crippen molar-refractivity contribution in [1.82, 2.24) is 15.2 Å². The highest BCUT2D eigenvalue weighted by atomic mass is 32.1. The molecule has 0 amide bonds. The SMILES string of the molecule is COC(=O)c1cccc(-c2ccc([C@H]3[C@H](c4ccccn4)NC(=S)N3Cc3ccccc3)o2)c1. The second-order valence-corrected chi connectivity index (χ2v) is 8.40. The third kappa shape index (κ3) is 4.30. The molecule has 0 aliphatic carbocycles. The average molecular weight is 470 g/mol. The molecular weight excluding hydrogens is 446 g/mol. The molecule has 34 heavy (non-hydrogen) atoms. The van der Waals surface area contributed by atoms with E-state index in [0.29, 0.717) is 23.0 Å². The van der Waals surface area contributed by atoms with Crippen LogP contribution in [0.2, 0.25) is 0 Å². The second kappa shape index (κ2) is 9.49. The number of aromatic nitrogens is 1. The molecular formula is C27H23N3O3S. The molecule has 5 rings (SSSR count). The minimum atomic E-state index is -0.386. The van der Waals surface area contributed by atoms with Crippen molar-refractivity contribution >= 4 is 23.3 Å². The number of nitrogens with zero attached hydrogens (tertiary/aromatic N) is 2. The molecule has 7 heteroatoms. The van der Waals surface area contributed by atoms with Crippen LogP contribution in [0.4, 0.5) is 0 Å². The van der Waals surface area contributed by atoms with Crippen LogP contribution in [0.1, 0.15) is 39.5 Å². The fraction of sp³-hybridized carbons (Fsp3) is 0.148. The van der Waals surface area contributed by atoms with Crippen molar-refractivity contribution in [3.8, 4) is 11.3 Å². The number of carbonyl (C=O) groups excluding carboxylic acids is 1. The van der Waals surface area contributed by atoms with Gasteiger partial charge in [0, 0.05) is 18.3 Å². The summed E-state index contributed by atoms with van der Waals surface area (Å²) in [6.45, 7) is 0.633. The first-order valence-electron chi connectivity index (χ1n) is 10.9. The van der Waals surface area contributed by atoms with Gasteiger partial charge in [-0.2, -0.15) is 0 Å². The van der Waals surface area contributed by atoms with Crippen LogP contribution in [-0.4, -0.2) is 28.1 Å². The van der Waals surface area contributed by atoms with Gasteiger partial charge < -0.3 is 19.4 Å². The number of nitrogens with one attached hydrogen (secondary N) is 1. The number of thiocarbonyl (C=S) groups is 1. The Balaban J connectivity index is 1.52. The topological polar surface area (TPSA) is 67.6 Å². The summed E-state index contributed by atoms with van der Waals surface area (Å²) >= 11 is 5.75. The van der Waals surface area contributed by atoms with Crippen molar-refractivity contribution in [3.05, 3.63) is 114 Å². The minimum Gasteiger partial charge on any atom is -0.465 e. The first-order chi connectivity index (χ1) is 16.6. The smallest absolute Gasteiger partial charge is 0.337 e. The molecule has 1 N–H and O–H groups in total. The zero-order chi connectivity index (χ0) is 23.5. The van der Waals surface area contributed by atoms with E-state index < -0.39 is 0 Å². The largest absolute Gasteiger partial charge is 0.465 e. The van der Waals surface area contributed by atoms with Gasteiger partial charge in [-0.25, -0.2) is 4.79 Å². The molecule has 3 heterocycles. The number of methoxy groups -OCH3 is 1. The zero-order valence-corrected chi connectivity index (χ0v) is 19.4. The van der Waals surface area contributed by atoms with Gasteiger partial charge in [-0.15, -0.1) is 0 Å². The maximum atomic E-state index is 12.0. The molecule has 0 spiro atoms. The zero-order valence-electron chi connectivity index (χ0n) is 18.5. The number of hydrogen-bond acceptors (Lipinski definition) is 5. The highest BCUT2D eigenvalue weighted by Gasteiger charge is 2.41. The lowest BCUT2D eigenvalue weighted by atomic mass is 10.0. The number of rotatable bonds is 6. The van der Waals surface area contributed by atoms with E-state index >= 15 is 0 Å². The first-order valence-corrected chi connectivity index (χ1v) is 11.4. The van der Waals surface area contributed by atoms with E-state index in [1.165, 1.54) is 7.11 Å². The van der Waals surface area contributed by atoms with Crippen LogP contribution in [0.25, 0.3) is 11.3 Å². The molecule has 0 unspecified atom stereocenters. The van der Waals surface area contributed by atoms with E-state index in [1.807, 2.05) is 60.7 Å². The van der Waals surface area contributed by atoms with E-state index in [-0.39, 0.29) is 18.1 Å². The molecule has 1 aliphatic heterocycles. The quantitative estimate of drug-likeness (QED) is 0.304. The monoisotopic (exact) mass is 469 g/mol. The van der Waals surface area contributed by atoms with Crippen LogP contribution in [0.3, 0.4) is 0 Å². The number of pyridine rings is 1. The van der Waals surface area contributed by atoms with Gasteiger partial charge in [0.05, 0.1) is 24.4 Å². The summed E-state index contributed by atoms with van der Waals surface area (Å²) in [7, 11) is 1.37. The minimum absolute atomic E-state index is 0.169. The van der Waals surface area contributed by atoms with Crippen LogP contribution in [0, 0.1) is 0 Å². The third-order valence-corrected chi connectivity index (χ3v) is 6.23. The number of carbonyl (C=O) groups is 1. The molecule has 1 fully saturated rings. The van der Waals surface area contributed by atoms with Crippen molar-refractivity contribution in [2.45, 2.75) is 18.6 Å².